The van der Waals surface area contributed by atoms with Crippen LogP contribution >= 0.6 is 0 Å². The molecule has 1 aliphatic heterocycles. The van der Waals surface area contributed by atoms with Gasteiger partial charge in [0, 0.05) is 103 Å². The number of amides is 4. The van der Waals surface area contributed by atoms with Gasteiger partial charge in [-0.2, -0.15) is 0 Å². The molecule has 1 aliphatic carbocycles. The number of nitrogens with zero attached hydrogens (tertiary/aromatic N) is 1. The number of imide groups is 1. The van der Waals surface area contributed by atoms with E-state index in [0.717, 1.165) is 24.0 Å². The van der Waals surface area contributed by atoms with Crippen LogP contribution in [0.4, 0.5) is 10.5 Å². The van der Waals surface area contributed by atoms with E-state index in [1.807, 2.05) is 12.1 Å². The summed E-state index contributed by atoms with van der Waals surface area (Å²) in [5, 5.41) is 6.07. The molecule has 2 aromatic rings. The number of benzene rings is 2. The zero-order valence-corrected chi connectivity index (χ0v) is 30.4. The van der Waals surface area contributed by atoms with Gasteiger partial charge in [-0.3, -0.25) is 28.8 Å². The molecule has 1 saturated heterocycles. The molecule has 4 amide bonds. The first kappa shape index (κ1) is 41.1. The predicted molar refractivity (Wildman–Crippen MR) is 191 cm³/mol. The van der Waals surface area contributed by atoms with E-state index >= 15 is 0 Å². The Balaban J connectivity index is 1.40. The van der Waals surface area contributed by atoms with Crippen molar-refractivity contribution in [2.45, 2.75) is 63.7 Å². The van der Waals surface area contributed by atoms with E-state index in [1.165, 1.54) is 0 Å². The van der Waals surface area contributed by atoms with Crippen molar-refractivity contribution in [3.8, 4) is 11.1 Å². The Morgan fingerprint density at radius 1 is 0.755 bits per heavy atom. The van der Waals surface area contributed by atoms with Gasteiger partial charge in [0.15, 0.2) is 5.78 Å². The third-order valence-corrected chi connectivity index (χ3v) is 8.64. The van der Waals surface area contributed by atoms with Gasteiger partial charge in [-0.05, 0) is 60.1 Å². The number of hydroxylamine groups is 2. The van der Waals surface area contributed by atoms with Crippen LogP contribution in [0.25, 0.3) is 11.1 Å². The van der Waals surface area contributed by atoms with Crippen molar-refractivity contribution >= 4 is 41.3 Å². The zero-order chi connectivity index (χ0) is 38.0. The number of carbonyl (C=O) groups excluding carboxylic acids is 6. The Morgan fingerprint density at radius 3 is 2.15 bits per heavy atom. The van der Waals surface area contributed by atoms with Crippen molar-refractivity contribution in [1.29, 1.82) is 0 Å². The molecule has 2 N–H and O–H groups in total. The van der Waals surface area contributed by atoms with Gasteiger partial charge in [-0.25, -0.2) is 4.79 Å². The van der Waals surface area contributed by atoms with Gasteiger partial charge in [-0.1, -0.05) is 29.3 Å². The average molecular weight is 740 g/mol. The van der Waals surface area contributed by atoms with Crippen LogP contribution in [0.3, 0.4) is 0 Å². The highest BCUT2D eigenvalue weighted by Gasteiger charge is 2.36. The molecule has 15 heteroatoms. The second kappa shape index (κ2) is 21.7. The smallest absolute Gasteiger partial charge is 0.432 e. The fourth-order valence-corrected chi connectivity index (χ4v) is 6.08. The molecule has 4 rings (SSSR count). The summed E-state index contributed by atoms with van der Waals surface area (Å²) in [5.41, 5.74) is 3.86. The number of nitrogens with one attached hydrogen (secondary N) is 2. The maximum Gasteiger partial charge on any atom is 0.533 e. The molecule has 53 heavy (non-hydrogen) atoms. The number of methoxy groups -OCH3 is 2. The molecule has 2 aliphatic rings. The third-order valence-electron chi connectivity index (χ3n) is 8.64. The fourth-order valence-electron chi connectivity index (χ4n) is 6.08. The summed E-state index contributed by atoms with van der Waals surface area (Å²) in [5.74, 6) is -2.35. The summed E-state index contributed by atoms with van der Waals surface area (Å²) in [6, 6.07) is 10.7. The van der Waals surface area contributed by atoms with Crippen LogP contribution in [-0.4, -0.2) is 108 Å². The highest BCUT2D eigenvalue weighted by molar-refractivity contribution is 6.05. The maximum atomic E-state index is 13.5. The third kappa shape index (κ3) is 12.4. The molecule has 15 nitrogen and oxygen atoms in total. The van der Waals surface area contributed by atoms with Gasteiger partial charge in [0.05, 0.1) is 6.61 Å². The van der Waals surface area contributed by atoms with Gasteiger partial charge in [-0.15, -0.1) is 0 Å². The quantitative estimate of drug-likeness (QED) is 0.0674. The highest BCUT2D eigenvalue weighted by Crippen LogP contribution is 2.48. The van der Waals surface area contributed by atoms with Crippen LogP contribution < -0.4 is 10.6 Å². The number of anilines is 1. The van der Waals surface area contributed by atoms with E-state index < -0.39 is 23.9 Å². The molecule has 0 bridgehead atoms. The number of carbonyl (C=O) groups is 6. The zero-order valence-electron chi connectivity index (χ0n) is 30.4. The lowest BCUT2D eigenvalue weighted by Crippen LogP contribution is -2.32. The normalized spacial score (nSPS) is 14.5. The fraction of sp³-hybridized carbons (Fsp3) is 0.526. The van der Waals surface area contributed by atoms with E-state index in [2.05, 4.69) is 10.6 Å². The molecule has 1 unspecified atom stereocenters. The lowest BCUT2D eigenvalue weighted by Gasteiger charge is -2.17. The minimum Gasteiger partial charge on any atom is -0.432 e. The van der Waals surface area contributed by atoms with Crippen molar-refractivity contribution in [2.75, 3.05) is 72.3 Å². The van der Waals surface area contributed by atoms with Crippen molar-refractivity contribution in [1.82, 2.24) is 10.4 Å². The Hall–Kier alpha value is -4.70. The molecule has 0 aromatic heterocycles. The number of Topliss-reactive ketones (excluding diaryl/α,β-unsaturated/α-hetero) is 1. The van der Waals surface area contributed by atoms with Gasteiger partial charge in [0.25, 0.3) is 11.8 Å². The van der Waals surface area contributed by atoms with Crippen LogP contribution in [0.5, 0.6) is 0 Å². The van der Waals surface area contributed by atoms with Crippen molar-refractivity contribution in [3.63, 3.8) is 0 Å². The molecule has 288 valence electrons. The monoisotopic (exact) mass is 739 g/mol. The Bertz CT molecular complexity index is 1580. The van der Waals surface area contributed by atoms with E-state index in [4.69, 9.17) is 28.5 Å². The molecule has 1 fully saturated rings. The largest absolute Gasteiger partial charge is 0.533 e. The topological polar surface area (TPSA) is 185 Å². The SMILES string of the molecule is COCCCOCCCC(=O)c1cccc2c1-c1ccc(NC(=O)CCCC(=O)NCCOCCCOC)cc1C2COC(=O)ON1C(=O)CCC1=O. The first-order chi connectivity index (χ1) is 25.7. The van der Waals surface area contributed by atoms with Crippen LogP contribution in [0.1, 0.15) is 85.2 Å². The van der Waals surface area contributed by atoms with E-state index in [-0.39, 0.29) is 56.3 Å². The Labute approximate surface area is 308 Å². The molecule has 1 heterocycles. The number of hydrogen-bond donors (Lipinski definition) is 2. The highest BCUT2D eigenvalue weighted by atomic mass is 16.8. The number of hydrogen-bond acceptors (Lipinski definition) is 12. The van der Waals surface area contributed by atoms with E-state index in [9.17, 15) is 28.8 Å². The van der Waals surface area contributed by atoms with Crippen molar-refractivity contribution in [2.24, 2.45) is 0 Å². The second-order valence-corrected chi connectivity index (χ2v) is 12.6. The van der Waals surface area contributed by atoms with Gasteiger partial charge < -0.3 is 34.3 Å². The number of ketones is 1. The van der Waals surface area contributed by atoms with Gasteiger partial charge >= 0.3 is 6.16 Å². The minimum absolute atomic E-state index is 0.0562. The standard InChI is InChI=1S/C38H49N3O12/c1-48-18-6-21-50-20-5-10-32(42)29-9-3-8-27-31(25-52-38(47)53-41-35(45)15-16-36(41)46)30-24-26(13-14-28(30)37(27)29)40-34(44)12-4-11-33(43)39-17-23-51-22-7-19-49-2/h3,8-9,13-14,24,31H,4-7,10-12,15-23,25H2,1-2H3,(H,39,43)(H,40,44). The van der Waals surface area contributed by atoms with Crippen LogP contribution in [-0.2, 0) is 47.7 Å². The summed E-state index contributed by atoms with van der Waals surface area (Å²) < 4.78 is 26.5. The van der Waals surface area contributed by atoms with E-state index in [1.54, 1.807) is 38.5 Å². The van der Waals surface area contributed by atoms with Crippen LogP contribution in [0.2, 0.25) is 0 Å². The minimum atomic E-state index is -1.22. The molecule has 2 aromatic carbocycles. The molecule has 0 saturated carbocycles. The molecule has 1 atom stereocenters. The summed E-state index contributed by atoms with van der Waals surface area (Å²) in [7, 11) is 3.25. The lowest BCUT2D eigenvalue weighted by molar-refractivity contribution is -0.177. The number of ether oxygens (including phenoxy) is 5. The summed E-state index contributed by atoms with van der Waals surface area (Å²) >= 11 is 0. The van der Waals surface area contributed by atoms with Crippen molar-refractivity contribution < 1.29 is 57.3 Å². The number of fused-ring (bicyclic) bond motifs is 3. The van der Waals surface area contributed by atoms with E-state index in [0.29, 0.717) is 86.5 Å². The van der Waals surface area contributed by atoms with Crippen LogP contribution in [0.15, 0.2) is 36.4 Å². The summed E-state index contributed by atoms with van der Waals surface area (Å²) in [4.78, 5) is 80.0. The second-order valence-electron chi connectivity index (χ2n) is 12.6. The van der Waals surface area contributed by atoms with Crippen LogP contribution in [0, 0.1) is 0 Å². The van der Waals surface area contributed by atoms with Crippen molar-refractivity contribution in [3.05, 3.63) is 53.1 Å². The summed E-state index contributed by atoms with van der Waals surface area (Å²) in [6.07, 6.45) is 1.63. The lowest BCUT2D eigenvalue weighted by atomic mass is 9.93. The molecule has 0 spiro atoms. The van der Waals surface area contributed by atoms with Gasteiger partial charge in [0.1, 0.15) is 6.61 Å². The predicted octanol–water partition coefficient (Wildman–Crippen LogP) is 4.31. The molecular formula is C38H49N3O12. The molecular weight excluding hydrogens is 690 g/mol. The number of rotatable bonds is 24. The first-order valence-electron chi connectivity index (χ1n) is 17.9. The summed E-state index contributed by atoms with van der Waals surface area (Å²) in [6.45, 7) is 3.28. The average Bonchev–Trinajstić information content (AvgIpc) is 3.63. The first-order valence-corrected chi connectivity index (χ1v) is 17.9. The molecule has 0 radical (unpaired) electrons. The Morgan fingerprint density at radius 2 is 1.43 bits per heavy atom. The Kier molecular flexibility index (Phi) is 16.8. The maximum absolute atomic E-state index is 13.5. The van der Waals surface area contributed by atoms with Gasteiger partial charge in [0.2, 0.25) is 11.8 Å².